The van der Waals surface area contributed by atoms with Gasteiger partial charge in [0.05, 0.1) is 12.1 Å². The van der Waals surface area contributed by atoms with Crippen LogP contribution < -0.4 is 0 Å². The lowest BCUT2D eigenvalue weighted by Crippen LogP contribution is -2.30. The van der Waals surface area contributed by atoms with Crippen LogP contribution in [0.5, 0.6) is 0 Å². The average molecular weight is 296 g/mol. The summed E-state index contributed by atoms with van der Waals surface area (Å²) in [6.07, 6.45) is 2.08. The van der Waals surface area contributed by atoms with Crippen molar-refractivity contribution in [1.82, 2.24) is 9.88 Å². The number of hydrogen-bond acceptors (Lipinski definition) is 4. The lowest BCUT2D eigenvalue weighted by atomic mass is 10.0. The minimum atomic E-state index is -0.455. The number of nitrogens with zero attached hydrogens (tertiary/aromatic N) is 2. The predicted molar refractivity (Wildman–Crippen MR) is 81.9 cm³/mol. The first-order valence-corrected chi connectivity index (χ1v) is 6.80. The monoisotopic (exact) mass is 296 g/mol. The molecule has 0 atom stereocenters. The van der Waals surface area contributed by atoms with Gasteiger partial charge in [-0.1, -0.05) is 29.8 Å². The summed E-state index contributed by atoms with van der Waals surface area (Å²) in [6, 6.07) is 10.3. The molecule has 0 bridgehead atoms. The maximum absolute atomic E-state index is 12.6. The molecule has 5 heteroatoms. The van der Waals surface area contributed by atoms with E-state index in [1.54, 1.807) is 24.3 Å². The number of hydrogen-bond donors (Lipinski definition) is 0. The van der Waals surface area contributed by atoms with Crippen molar-refractivity contribution in [3.05, 3.63) is 65.0 Å². The van der Waals surface area contributed by atoms with Crippen LogP contribution in [0.2, 0.25) is 0 Å². The number of aldehydes is 1. The maximum Gasteiger partial charge on any atom is 0.273 e. The molecule has 0 N–H and O–H groups in total. The van der Waals surface area contributed by atoms with Gasteiger partial charge in [0.1, 0.15) is 12.0 Å². The molecule has 0 radical (unpaired) electrons. The molecular formula is C17H16N2O3. The van der Waals surface area contributed by atoms with Crippen molar-refractivity contribution in [3.63, 3.8) is 0 Å². The molecule has 2 aromatic rings. The highest BCUT2D eigenvalue weighted by Gasteiger charge is 2.21. The largest absolute Gasteiger partial charge is 0.333 e. The average Bonchev–Trinajstić information content (AvgIpc) is 2.54. The van der Waals surface area contributed by atoms with E-state index in [1.807, 2.05) is 19.1 Å². The quantitative estimate of drug-likeness (QED) is 0.624. The van der Waals surface area contributed by atoms with E-state index in [9.17, 15) is 14.4 Å². The van der Waals surface area contributed by atoms with Crippen molar-refractivity contribution in [2.24, 2.45) is 0 Å². The third-order valence-corrected chi connectivity index (χ3v) is 3.26. The summed E-state index contributed by atoms with van der Waals surface area (Å²) in [7, 11) is 1.49. The van der Waals surface area contributed by atoms with Gasteiger partial charge in [-0.15, -0.1) is 0 Å². The van der Waals surface area contributed by atoms with Gasteiger partial charge < -0.3 is 9.69 Å². The molecule has 2 rings (SSSR count). The number of carbonyl (C=O) groups is 3. The van der Waals surface area contributed by atoms with E-state index in [4.69, 9.17) is 0 Å². The number of amides is 1. The zero-order chi connectivity index (χ0) is 16.1. The Hall–Kier alpha value is -2.82. The number of carbonyl (C=O) groups excluding carboxylic acids is 3. The fraction of sp³-hybridized carbons (Fsp3) is 0.176. The number of rotatable bonds is 5. The van der Waals surface area contributed by atoms with Gasteiger partial charge in [0, 0.05) is 18.8 Å². The Morgan fingerprint density at radius 3 is 2.50 bits per heavy atom. The summed E-state index contributed by atoms with van der Waals surface area (Å²) in [4.78, 5) is 40.7. The summed E-state index contributed by atoms with van der Waals surface area (Å²) < 4.78 is 0. The standard InChI is InChI=1S/C17H16N2O3/c1-12-5-7-13(8-6-12)16(21)14-4-3-9-18-15(14)17(22)19(2)10-11-20/h3-9,11H,10H2,1-2H3. The molecular weight excluding hydrogens is 280 g/mol. The molecule has 0 aliphatic heterocycles. The predicted octanol–water partition coefficient (Wildman–Crippen LogP) is 1.89. The van der Waals surface area contributed by atoms with E-state index in [1.165, 1.54) is 18.1 Å². The first-order valence-electron chi connectivity index (χ1n) is 6.80. The molecule has 1 aromatic carbocycles. The van der Waals surface area contributed by atoms with Crippen LogP contribution >= 0.6 is 0 Å². The molecule has 0 unspecified atom stereocenters. The van der Waals surface area contributed by atoms with Crippen LogP contribution in [-0.4, -0.2) is 41.5 Å². The lowest BCUT2D eigenvalue weighted by molar-refractivity contribution is -0.108. The first-order chi connectivity index (χ1) is 10.5. The van der Waals surface area contributed by atoms with Gasteiger partial charge in [0.15, 0.2) is 5.78 Å². The van der Waals surface area contributed by atoms with Gasteiger partial charge in [-0.25, -0.2) is 0 Å². The van der Waals surface area contributed by atoms with E-state index in [0.29, 0.717) is 11.8 Å². The highest BCUT2D eigenvalue weighted by molar-refractivity contribution is 6.14. The zero-order valence-corrected chi connectivity index (χ0v) is 12.4. The number of aryl methyl sites for hydroxylation is 1. The van der Waals surface area contributed by atoms with Crippen molar-refractivity contribution < 1.29 is 14.4 Å². The Morgan fingerprint density at radius 1 is 1.18 bits per heavy atom. The van der Waals surface area contributed by atoms with E-state index in [-0.39, 0.29) is 23.6 Å². The highest BCUT2D eigenvalue weighted by atomic mass is 16.2. The molecule has 5 nitrogen and oxygen atoms in total. The molecule has 0 saturated heterocycles. The Labute approximate surface area is 128 Å². The Kier molecular flexibility index (Phi) is 4.78. The van der Waals surface area contributed by atoms with Gasteiger partial charge >= 0.3 is 0 Å². The normalized spacial score (nSPS) is 10.1. The number of benzene rings is 1. The molecule has 112 valence electrons. The van der Waals surface area contributed by atoms with Crippen LogP contribution in [0.4, 0.5) is 0 Å². The molecule has 0 aliphatic rings. The van der Waals surface area contributed by atoms with Crippen molar-refractivity contribution in [2.45, 2.75) is 6.92 Å². The summed E-state index contributed by atoms with van der Waals surface area (Å²) in [5.41, 5.74) is 1.82. The molecule has 1 aromatic heterocycles. The van der Waals surface area contributed by atoms with Crippen molar-refractivity contribution in [3.8, 4) is 0 Å². The Bertz CT molecular complexity index is 708. The fourth-order valence-electron chi connectivity index (χ4n) is 1.99. The summed E-state index contributed by atoms with van der Waals surface area (Å²) in [5.74, 6) is -0.723. The van der Waals surface area contributed by atoms with Crippen LogP contribution in [-0.2, 0) is 4.79 Å². The molecule has 1 amide bonds. The van der Waals surface area contributed by atoms with E-state index in [0.717, 1.165) is 5.56 Å². The Morgan fingerprint density at radius 2 is 1.86 bits per heavy atom. The SMILES string of the molecule is Cc1ccc(C(=O)c2cccnc2C(=O)N(C)CC=O)cc1. The second-order valence-electron chi connectivity index (χ2n) is 4.95. The highest BCUT2D eigenvalue weighted by Crippen LogP contribution is 2.15. The molecule has 0 saturated carbocycles. The van der Waals surface area contributed by atoms with Gasteiger partial charge in [-0.05, 0) is 19.1 Å². The minimum absolute atomic E-state index is 0.0480. The second-order valence-corrected chi connectivity index (χ2v) is 4.95. The van der Waals surface area contributed by atoms with E-state index >= 15 is 0 Å². The van der Waals surface area contributed by atoms with E-state index in [2.05, 4.69) is 4.98 Å². The van der Waals surface area contributed by atoms with Gasteiger partial charge in [0.25, 0.3) is 5.91 Å². The van der Waals surface area contributed by atoms with Crippen LogP contribution in [0.1, 0.15) is 32.0 Å². The van der Waals surface area contributed by atoms with Crippen molar-refractivity contribution in [2.75, 3.05) is 13.6 Å². The summed E-state index contributed by atoms with van der Waals surface area (Å²) in [5, 5.41) is 0. The smallest absolute Gasteiger partial charge is 0.273 e. The maximum atomic E-state index is 12.6. The van der Waals surface area contributed by atoms with Crippen LogP contribution in [0, 0.1) is 6.92 Å². The van der Waals surface area contributed by atoms with E-state index < -0.39 is 5.91 Å². The van der Waals surface area contributed by atoms with Crippen molar-refractivity contribution in [1.29, 1.82) is 0 Å². The molecule has 22 heavy (non-hydrogen) atoms. The van der Waals surface area contributed by atoms with Gasteiger partial charge in [-0.3, -0.25) is 14.6 Å². The second kappa shape index (κ2) is 6.76. The van der Waals surface area contributed by atoms with Crippen LogP contribution in [0.25, 0.3) is 0 Å². The summed E-state index contributed by atoms with van der Waals surface area (Å²) in [6.45, 7) is 1.88. The Balaban J connectivity index is 2.39. The fourth-order valence-corrected chi connectivity index (χ4v) is 1.99. The number of pyridine rings is 1. The number of likely N-dealkylation sites (N-methyl/N-ethyl adjacent to an activating group) is 1. The van der Waals surface area contributed by atoms with Crippen LogP contribution in [0.15, 0.2) is 42.6 Å². The zero-order valence-electron chi connectivity index (χ0n) is 12.4. The lowest BCUT2D eigenvalue weighted by Gasteiger charge is -2.15. The first kappa shape index (κ1) is 15.6. The molecule has 1 heterocycles. The third kappa shape index (κ3) is 3.25. The summed E-state index contributed by atoms with van der Waals surface area (Å²) >= 11 is 0. The minimum Gasteiger partial charge on any atom is -0.333 e. The topological polar surface area (TPSA) is 67.3 Å². The molecule has 0 spiro atoms. The van der Waals surface area contributed by atoms with Gasteiger partial charge in [0.2, 0.25) is 0 Å². The third-order valence-electron chi connectivity index (χ3n) is 3.26. The molecule has 0 fully saturated rings. The van der Waals surface area contributed by atoms with Gasteiger partial charge in [-0.2, -0.15) is 0 Å². The van der Waals surface area contributed by atoms with Crippen molar-refractivity contribution >= 4 is 18.0 Å². The molecule has 0 aliphatic carbocycles. The number of aromatic nitrogens is 1. The van der Waals surface area contributed by atoms with Crippen LogP contribution in [0.3, 0.4) is 0 Å². The number of ketones is 1.